The molecule has 0 bridgehead atoms. The van der Waals surface area contributed by atoms with Gasteiger partial charge in [0.25, 0.3) is 0 Å². The second-order valence-corrected chi connectivity index (χ2v) is 8.37. The number of aliphatic imine (C=N–C) groups is 1. The van der Waals surface area contributed by atoms with Gasteiger partial charge in [-0.15, -0.1) is 0 Å². The molecule has 2 saturated heterocycles. The number of anilines is 1. The lowest BCUT2D eigenvalue weighted by Crippen LogP contribution is -2.46. The van der Waals surface area contributed by atoms with Gasteiger partial charge in [-0.05, 0) is 49.4 Å². The van der Waals surface area contributed by atoms with Crippen LogP contribution < -0.4 is 10.2 Å². The zero-order chi connectivity index (χ0) is 21.3. The van der Waals surface area contributed by atoms with E-state index in [9.17, 15) is 4.39 Å². The number of hydrogen-bond donors (Lipinski definition) is 1. The quantitative estimate of drug-likeness (QED) is 0.544. The van der Waals surface area contributed by atoms with Crippen LogP contribution in [0.2, 0.25) is 0 Å². The van der Waals surface area contributed by atoms with Crippen LogP contribution in [0.15, 0.2) is 23.2 Å². The lowest BCUT2D eigenvalue weighted by molar-refractivity contribution is 0.0625. The zero-order valence-corrected chi connectivity index (χ0v) is 18.9. The first kappa shape index (κ1) is 22.8. The van der Waals surface area contributed by atoms with E-state index in [0.29, 0.717) is 12.2 Å². The van der Waals surface area contributed by atoms with Gasteiger partial charge in [0.1, 0.15) is 5.82 Å². The van der Waals surface area contributed by atoms with Crippen LogP contribution in [0, 0.1) is 11.7 Å². The van der Waals surface area contributed by atoms with Crippen molar-refractivity contribution in [2.45, 2.75) is 32.7 Å². The van der Waals surface area contributed by atoms with Gasteiger partial charge in [0.05, 0.1) is 5.69 Å². The summed E-state index contributed by atoms with van der Waals surface area (Å²) >= 11 is 0. The highest BCUT2D eigenvalue weighted by Gasteiger charge is 2.19. The van der Waals surface area contributed by atoms with Crippen molar-refractivity contribution in [3.05, 3.63) is 29.6 Å². The molecule has 0 radical (unpaired) electrons. The Morgan fingerprint density at radius 3 is 2.60 bits per heavy atom. The van der Waals surface area contributed by atoms with Crippen molar-refractivity contribution in [1.82, 2.24) is 15.1 Å². The molecule has 1 aromatic rings. The Kier molecular flexibility index (Phi) is 8.75. The normalized spacial score (nSPS) is 19.2. The monoisotopic (exact) mass is 419 g/mol. The number of halogens is 1. The minimum Gasteiger partial charge on any atom is -0.381 e. The lowest BCUT2D eigenvalue weighted by atomic mass is 9.96. The number of hydrogen-bond acceptors (Lipinski definition) is 4. The molecule has 0 aliphatic carbocycles. The molecule has 2 aliphatic heterocycles. The Bertz CT molecular complexity index is 684. The molecule has 30 heavy (non-hydrogen) atoms. The number of rotatable bonds is 7. The first-order valence-electron chi connectivity index (χ1n) is 11.4. The van der Waals surface area contributed by atoms with E-state index in [2.05, 4.69) is 39.0 Å². The molecule has 0 saturated carbocycles. The predicted octanol–water partition coefficient (Wildman–Crippen LogP) is 2.79. The van der Waals surface area contributed by atoms with Gasteiger partial charge in [0, 0.05) is 66.6 Å². The van der Waals surface area contributed by atoms with Crippen molar-refractivity contribution in [3.8, 4) is 0 Å². The van der Waals surface area contributed by atoms with Crippen molar-refractivity contribution in [3.63, 3.8) is 0 Å². The fraction of sp³-hybridized carbons (Fsp3) is 0.696. The van der Waals surface area contributed by atoms with Crippen LogP contribution in [0.3, 0.4) is 0 Å². The minimum absolute atomic E-state index is 0.137. The van der Waals surface area contributed by atoms with Gasteiger partial charge in [-0.2, -0.15) is 0 Å². The maximum atomic E-state index is 14.8. The van der Waals surface area contributed by atoms with Crippen molar-refractivity contribution >= 4 is 11.6 Å². The highest BCUT2D eigenvalue weighted by atomic mass is 19.1. The summed E-state index contributed by atoms with van der Waals surface area (Å²) in [6, 6.07) is 5.60. The largest absolute Gasteiger partial charge is 0.381 e. The molecule has 0 aromatic heterocycles. The van der Waals surface area contributed by atoms with Crippen LogP contribution in [0.25, 0.3) is 0 Å². The number of piperazine rings is 1. The summed E-state index contributed by atoms with van der Waals surface area (Å²) in [7, 11) is 3.86. The first-order valence-corrected chi connectivity index (χ1v) is 11.4. The SMILES string of the molecule is CCN1CCN(c2ccc(CNC(=NC)N(C)CCC3CCOCC3)cc2F)CC1. The average molecular weight is 420 g/mol. The summed E-state index contributed by atoms with van der Waals surface area (Å²) in [5.74, 6) is 1.45. The van der Waals surface area contributed by atoms with Crippen LogP contribution >= 0.6 is 0 Å². The van der Waals surface area contributed by atoms with Crippen LogP contribution in [0.5, 0.6) is 0 Å². The second-order valence-electron chi connectivity index (χ2n) is 8.37. The van der Waals surface area contributed by atoms with Gasteiger partial charge < -0.3 is 24.8 Å². The van der Waals surface area contributed by atoms with E-state index in [1.807, 2.05) is 12.1 Å². The molecule has 2 aliphatic rings. The third kappa shape index (κ3) is 6.32. The van der Waals surface area contributed by atoms with Gasteiger partial charge in [0.15, 0.2) is 5.96 Å². The second kappa shape index (κ2) is 11.5. The Morgan fingerprint density at radius 2 is 1.97 bits per heavy atom. The summed E-state index contributed by atoms with van der Waals surface area (Å²) < 4.78 is 20.2. The number of nitrogens with one attached hydrogen (secondary N) is 1. The molecule has 0 spiro atoms. The van der Waals surface area contributed by atoms with E-state index in [1.165, 1.54) is 0 Å². The first-order chi connectivity index (χ1) is 14.6. The molecular formula is C23H38FN5O. The predicted molar refractivity (Wildman–Crippen MR) is 122 cm³/mol. The maximum Gasteiger partial charge on any atom is 0.193 e. The van der Waals surface area contributed by atoms with Gasteiger partial charge in [0.2, 0.25) is 0 Å². The summed E-state index contributed by atoms with van der Waals surface area (Å²) in [5, 5.41) is 3.38. The van der Waals surface area contributed by atoms with Gasteiger partial charge >= 0.3 is 0 Å². The fourth-order valence-corrected chi connectivity index (χ4v) is 4.30. The lowest BCUT2D eigenvalue weighted by Gasteiger charge is -2.35. The van der Waals surface area contributed by atoms with Crippen molar-refractivity contribution < 1.29 is 9.13 Å². The molecule has 168 valence electrons. The van der Waals surface area contributed by atoms with E-state index in [1.54, 1.807) is 13.1 Å². The molecule has 2 fully saturated rings. The molecule has 0 atom stereocenters. The third-order valence-electron chi connectivity index (χ3n) is 6.41. The van der Waals surface area contributed by atoms with Crippen LogP contribution in [0.4, 0.5) is 10.1 Å². The number of benzene rings is 1. The smallest absolute Gasteiger partial charge is 0.193 e. The van der Waals surface area contributed by atoms with Gasteiger partial charge in [-0.3, -0.25) is 4.99 Å². The summed E-state index contributed by atoms with van der Waals surface area (Å²) in [4.78, 5) is 11.1. The number of likely N-dealkylation sites (N-methyl/N-ethyl adjacent to an activating group) is 1. The number of guanidine groups is 1. The van der Waals surface area contributed by atoms with Crippen LogP contribution in [-0.2, 0) is 11.3 Å². The van der Waals surface area contributed by atoms with Gasteiger partial charge in [-0.25, -0.2) is 4.39 Å². The van der Waals surface area contributed by atoms with Crippen molar-refractivity contribution in [2.75, 3.05) is 71.5 Å². The molecular weight excluding hydrogens is 381 g/mol. The number of ether oxygens (including phenoxy) is 1. The molecule has 7 heteroatoms. The molecule has 1 aromatic carbocycles. The molecule has 1 N–H and O–H groups in total. The van der Waals surface area contributed by atoms with E-state index in [-0.39, 0.29) is 5.82 Å². The third-order valence-corrected chi connectivity index (χ3v) is 6.41. The highest BCUT2D eigenvalue weighted by Crippen LogP contribution is 2.22. The number of nitrogens with zero attached hydrogens (tertiary/aromatic N) is 4. The highest BCUT2D eigenvalue weighted by molar-refractivity contribution is 5.79. The fourth-order valence-electron chi connectivity index (χ4n) is 4.30. The Balaban J connectivity index is 1.48. The molecule has 2 heterocycles. The van der Waals surface area contributed by atoms with E-state index in [4.69, 9.17) is 4.74 Å². The Hall–Kier alpha value is -1.86. The van der Waals surface area contributed by atoms with Crippen molar-refractivity contribution in [2.24, 2.45) is 10.9 Å². The maximum absolute atomic E-state index is 14.8. The molecule has 3 rings (SSSR count). The molecule has 0 unspecified atom stereocenters. The van der Waals surface area contributed by atoms with Gasteiger partial charge in [-0.1, -0.05) is 13.0 Å². The minimum atomic E-state index is -0.137. The Morgan fingerprint density at radius 1 is 1.23 bits per heavy atom. The van der Waals surface area contributed by atoms with Crippen LogP contribution in [-0.4, -0.2) is 82.3 Å². The molecule has 0 amide bonds. The standard InChI is InChI=1S/C23H38FN5O/c1-4-28-11-13-29(14-12-28)22-6-5-20(17-21(22)24)18-26-23(25-2)27(3)10-7-19-8-15-30-16-9-19/h5-6,17,19H,4,7-16,18H2,1-3H3,(H,25,26). The zero-order valence-electron chi connectivity index (χ0n) is 18.9. The summed E-state index contributed by atoms with van der Waals surface area (Å²) in [6.07, 6.45) is 3.45. The molecule has 6 nitrogen and oxygen atoms in total. The topological polar surface area (TPSA) is 43.3 Å². The summed E-state index contributed by atoms with van der Waals surface area (Å²) in [5.41, 5.74) is 1.65. The van der Waals surface area contributed by atoms with Crippen molar-refractivity contribution in [1.29, 1.82) is 0 Å². The average Bonchev–Trinajstić information content (AvgIpc) is 2.79. The summed E-state index contributed by atoms with van der Waals surface area (Å²) in [6.45, 7) is 10.3. The van der Waals surface area contributed by atoms with E-state index >= 15 is 0 Å². The Labute approximate surface area is 181 Å². The van der Waals surface area contributed by atoms with E-state index < -0.39 is 0 Å². The van der Waals surface area contributed by atoms with Crippen LogP contribution in [0.1, 0.15) is 31.7 Å². The van der Waals surface area contributed by atoms with E-state index in [0.717, 1.165) is 89.2 Å².